The number of carboxylic acid groups (broad SMARTS) is 1. The number of nitrogens with zero attached hydrogens (tertiary/aromatic N) is 1. The van der Waals surface area contributed by atoms with E-state index in [-0.39, 0.29) is 17.8 Å². The highest BCUT2D eigenvalue weighted by molar-refractivity contribution is 6.31. The quantitative estimate of drug-likeness (QED) is 0.231. The molecule has 0 aliphatic rings. The Morgan fingerprint density at radius 1 is 1.05 bits per heavy atom. The average Bonchev–Trinajstić information content (AvgIpc) is 3.22. The van der Waals surface area contributed by atoms with E-state index in [9.17, 15) is 19.5 Å². The predicted molar refractivity (Wildman–Crippen MR) is 145 cm³/mol. The molecule has 0 fully saturated rings. The number of carbonyl (C=O) groups is 3. The van der Waals surface area contributed by atoms with Crippen LogP contribution < -0.4 is 10.1 Å². The van der Waals surface area contributed by atoms with Gasteiger partial charge in [-0.05, 0) is 62.7 Å². The number of aromatic amines is 1. The summed E-state index contributed by atoms with van der Waals surface area (Å²) in [7, 11) is 0. The number of hydrogen-bond acceptors (Lipinski definition) is 4. The van der Waals surface area contributed by atoms with E-state index in [2.05, 4.69) is 10.3 Å². The van der Waals surface area contributed by atoms with Crippen molar-refractivity contribution in [1.29, 1.82) is 0 Å². The van der Waals surface area contributed by atoms with Gasteiger partial charge in [0.25, 0.3) is 0 Å². The van der Waals surface area contributed by atoms with Gasteiger partial charge in [0.15, 0.2) is 0 Å². The van der Waals surface area contributed by atoms with Crippen molar-refractivity contribution in [3.05, 3.63) is 94.6 Å². The molecule has 0 aliphatic carbocycles. The normalized spacial score (nSPS) is 12.1. The van der Waals surface area contributed by atoms with Gasteiger partial charge in [0.2, 0.25) is 12.3 Å². The third-order valence-electron chi connectivity index (χ3n) is 5.77. The fourth-order valence-corrected chi connectivity index (χ4v) is 4.39. The minimum Gasteiger partial charge on any atom is -0.477 e. The van der Waals surface area contributed by atoms with Crippen LogP contribution in [0.15, 0.2) is 72.8 Å². The Balaban J connectivity index is 1.72. The molecule has 1 atom stereocenters. The van der Waals surface area contributed by atoms with E-state index in [0.29, 0.717) is 33.8 Å². The third kappa shape index (κ3) is 6.15. The molecule has 0 radical (unpaired) electrons. The van der Waals surface area contributed by atoms with Gasteiger partial charge in [-0.3, -0.25) is 9.59 Å². The first kappa shape index (κ1) is 26.8. The highest BCUT2D eigenvalue weighted by Gasteiger charge is 2.35. The number of benzene rings is 3. The molecule has 3 N–H and O–H groups in total. The van der Waals surface area contributed by atoms with Crippen LogP contribution in [0.5, 0.6) is 11.5 Å². The second-order valence-electron chi connectivity index (χ2n) is 9.89. The molecule has 8 nitrogen and oxygen atoms in total. The SMILES string of the molecule is CC(C)(C)NC(=O)C(c1c(C(=O)O)[nH]c2cc(Cl)ccc12)N(C=O)Cc1ccc(Oc2ccccc2)cc1. The smallest absolute Gasteiger partial charge is 0.352 e. The van der Waals surface area contributed by atoms with E-state index >= 15 is 0 Å². The van der Waals surface area contributed by atoms with Crippen molar-refractivity contribution >= 4 is 40.8 Å². The van der Waals surface area contributed by atoms with E-state index < -0.39 is 23.5 Å². The molecule has 4 aromatic rings. The zero-order valence-corrected chi connectivity index (χ0v) is 22.0. The number of ether oxygens (including phenoxy) is 1. The Kier molecular flexibility index (Phi) is 7.73. The Hall–Kier alpha value is -4.30. The number of fused-ring (bicyclic) bond motifs is 1. The molecule has 9 heteroatoms. The molecular weight excluding hydrogens is 506 g/mol. The van der Waals surface area contributed by atoms with Gasteiger partial charge in [-0.1, -0.05) is 48.0 Å². The summed E-state index contributed by atoms with van der Waals surface area (Å²) < 4.78 is 5.84. The predicted octanol–water partition coefficient (Wildman–Crippen LogP) is 5.93. The van der Waals surface area contributed by atoms with Gasteiger partial charge in [-0.2, -0.15) is 0 Å². The third-order valence-corrected chi connectivity index (χ3v) is 6.00. The molecule has 0 spiro atoms. The maximum atomic E-state index is 13.6. The number of halogens is 1. The zero-order chi connectivity index (χ0) is 27.4. The van der Waals surface area contributed by atoms with Crippen LogP contribution in [-0.2, 0) is 16.1 Å². The summed E-state index contributed by atoms with van der Waals surface area (Å²) in [6.45, 7) is 5.49. The fraction of sp³-hybridized carbons (Fsp3) is 0.207. The number of aromatic carboxylic acids is 1. The molecule has 0 bridgehead atoms. The number of rotatable bonds is 9. The number of carboxylic acids is 1. The first-order valence-corrected chi connectivity index (χ1v) is 12.3. The molecule has 0 aliphatic heterocycles. The van der Waals surface area contributed by atoms with Crippen LogP contribution in [0.1, 0.15) is 48.4 Å². The lowest BCUT2D eigenvalue weighted by molar-refractivity contribution is -0.134. The molecule has 38 heavy (non-hydrogen) atoms. The van der Waals surface area contributed by atoms with E-state index in [4.69, 9.17) is 16.3 Å². The van der Waals surface area contributed by atoms with Crippen LogP contribution in [0.3, 0.4) is 0 Å². The maximum Gasteiger partial charge on any atom is 0.352 e. The number of aromatic nitrogens is 1. The van der Waals surface area contributed by atoms with E-state index in [1.165, 1.54) is 4.90 Å². The summed E-state index contributed by atoms with van der Waals surface area (Å²) in [4.78, 5) is 42.4. The van der Waals surface area contributed by atoms with Crippen LogP contribution in [0.25, 0.3) is 10.9 Å². The summed E-state index contributed by atoms with van der Waals surface area (Å²) >= 11 is 6.13. The Morgan fingerprint density at radius 3 is 2.32 bits per heavy atom. The van der Waals surface area contributed by atoms with Gasteiger partial charge in [0, 0.05) is 33.6 Å². The fourth-order valence-electron chi connectivity index (χ4n) is 4.22. The molecule has 1 aromatic heterocycles. The van der Waals surface area contributed by atoms with E-state index in [1.807, 2.05) is 51.1 Å². The van der Waals surface area contributed by atoms with Gasteiger partial charge in [0.05, 0.1) is 0 Å². The van der Waals surface area contributed by atoms with Crippen LogP contribution in [0.2, 0.25) is 5.02 Å². The Morgan fingerprint density at radius 2 is 1.71 bits per heavy atom. The molecule has 196 valence electrons. The van der Waals surface area contributed by atoms with Crippen molar-refractivity contribution in [2.45, 2.75) is 38.9 Å². The van der Waals surface area contributed by atoms with Gasteiger partial charge < -0.3 is 25.0 Å². The lowest BCUT2D eigenvalue weighted by Gasteiger charge is -2.31. The summed E-state index contributed by atoms with van der Waals surface area (Å²) in [6, 6.07) is 20.1. The standard InChI is InChI=1S/C29H28ClN3O5/c1-29(2,3)32-27(35)26(24-22-14-11-19(30)15-23(22)31-25(24)28(36)37)33(17-34)16-18-9-12-21(13-10-18)38-20-7-5-4-6-8-20/h4-15,17,26,31H,16H2,1-3H3,(H,32,35)(H,36,37). The van der Waals surface area contributed by atoms with E-state index in [1.54, 1.807) is 42.5 Å². The van der Waals surface area contributed by atoms with Crippen molar-refractivity contribution in [3.63, 3.8) is 0 Å². The maximum absolute atomic E-state index is 13.6. The monoisotopic (exact) mass is 533 g/mol. The topological polar surface area (TPSA) is 112 Å². The number of amides is 2. The van der Waals surface area contributed by atoms with E-state index in [0.717, 1.165) is 5.56 Å². The molecule has 1 heterocycles. The second-order valence-corrected chi connectivity index (χ2v) is 10.3. The number of carbonyl (C=O) groups excluding carboxylic acids is 2. The Labute approximate surface area is 225 Å². The highest BCUT2D eigenvalue weighted by atomic mass is 35.5. The van der Waals surface area contributed by atoms with Crippen molar-refractivity contribution in [2.24, 2.45) is 0 Å². The van der Waals surface area contributed by atoms with Crippen molar-refractivity contribution in [2.75, 3.05) is 0 Å². The first-order chi connectivity index (χ1) is 18.1. The van der Waals surface area contributed by atoms with Crippen LogP contribution in [0, 0.1) is 0 Å². The second kappa shape index (κ2) is 11.0. The van der Waals surface area contributed by atoms with Gasteiger partial charge in [-0.15, -0.1) is 0 Å². The summed E-state index contributed by atoms with van der Waals surface area (Å²) in [6.07, 6.45) is 0.557. The number of hydrogen-bond donors (Lipinski definition) is 3. The molecular formula is C29H28ClN3O5. The molecule has 4 rings (SSSR count). The Bertz CT molecular complexity index is 1460. The van der Waals surface area contributed by atoms with Gasteiger partial charge in [0.1, 0.15) is 23.2 Å². The molecule has 3 aromatic carbocycles. The summed E-state index contributed by atoms with van der Waals surface area (Å²) in [5, 5.41) is 13.8. The summed E-state index contributed by atoms with van der Waals surface area (Å²) in [5.41, 5.74) is 0.549. The number of H-pyrrole nitrogens is 1. The lowest BCUT2D eigenvalue weighted by atomic mass is 9.98. The van der Waals surface area contributed by atoms with Gasteiger partial charge >= 0.3 is 5.97 Å². The highest BCUT2D eigenvalue weighted by Crippen LogP contribution is 2.34. The zero-order valence-electron chi connectivity index (χ0n) is 21.2. The average molecular weight is 534 g/mol. The van der Waals surface area contributed by atoms with Crippen molar-refractivity contribution < 1.29 is 24.2 Å². The van der Waals surface area contributed by atoms with Crippen molar-refractivity contribution in [3.8, 4) is 11.5 Å². The molecule has 1 unspecified atom stereocenters. The van der Waals surface area contributed by atoms with Crippen LogP contribution >= 0.6 is 11.6 Å². The summed E-state index contributed by atoms with van der Waals surface area (Å²) in [5.74, 6) is -0.461. The number of nitrogens with one attached hydrogen (secondary N) is 2. The minimum atomic E-state index is -1.26. The first-order valence-electron chi connectivity index (χ1n) is 11.9. The molecule has 0 saturated carbocycles. The molecule has 0 saturated heterocycles. The lowest BCUT2D eigenvalue weighted by Crippen LogP contribution is -2.47. The van der Waals surface area contributed by atoms with Gasteiger partial charge in [-0.25, -0.2) is 4.79 Å². The molecule has 2 amide bonds. The van der Waals surface area contributed by atoms with Crippen LogP contribution in [-0.4, -0.2) is 38.8 Å². The van der Waals surface area contributed by atoms with Crippen molar-refractivity contribution in [1.82, 2.24) is 15.2 Å². The number of para-hydroxylation sites is 1. The van der Waals surface area contributed by atoms with Crippen LogP contribution in [0.4, 0.5) is 0 Å². The minimum absolute atomic E-state index is 0.0523. The largest absolute Gasteiger partial charge is 0.477 e.